The van der Waals surface area contributed by atoms with Crippen LogP contribution in [0.5, 0.6) is 0 Å². The van der Waals surface area contributed by atoms with Crippen molar-refractivity contribution in [3.63, 3.8) is 0 Å². The smallest absolute Gasteiger partial charge is 0.0562 e. The van der Waals surface area contributed by atoms with Gasteiger partial charge in [-0.2, -0.15) is 5.10 Å². The van der Waals surface area contributed by atoms with Crippen LogP contribution in [0.25, 0.3) is 0 Å². The Labute approximate surface area is 156 Å². The molecule has 5 nitrogen and oxygen atoms in total. The molecule has 0 bridgehead atoms. The van der Waals surface area contributed by atoms with Crippen LogP contribution in [0.15, 0.2) is 30.7 Å². The van der Waals surface area contributed by atoms with Gasteiger partial charge < -0.3 is 4.74 Å². The van der Waals surface area contributed by atoms with E-state index in [1.54, 1.807) is 0 Å². The third kappa shape index (κ3) is 3.99. The molecule has 140 valence electrons. The molecule has 3 heterocycles. The summed E-state index contributed by atoms with van der Waals surface area (Å²) in [5, 5.41) is 4.78. The molecule has 1 aliphatic heterocycles. The maximum Gasteiger partial charge on any atom is 0.0562 e. The lowest BCUT2D eigenvalue weighted by molar-refractivity contribution is 0.101. The summed E-state index contributed by atoms with van der Waals surface area (Å²) in [5.74, 6) is 1.21. The van der Waals surface area contributed by atoms with Gasteiger partial charge in [0.05, 0.1) is 12.8 Å². The van der Waals surface area contributed by atoms with Crippen LogP contribution in [0.3, 0.4) is 0 Å². The molecule has 5 heteroatoms. The van der Waals surface area contributed by atoms with Crippen LogP contribution in [0.2, 0.25) is 0 Å². The minimum Gasteiger partial charge on any atom is -0.381 e. The molecule has 1 atom stereocenters. The first-order valence-electron chi connectivity index (χ1n) is 10.1. The van der Waals surface area contributed by atoms with Crippen LogP contribution in [0.1, 0.15) is 55.3 Å². The van der Waals surface area contributed by atoms with Gasteiger partial charge in [-0.15, -0.1) is 0 Å². The number of pyridine rings is 1. The molecule has 2 aliphatic rings. The van der Waals surface area contributed by atoms with Gasteiger partial charge in [-0.3, -0.25) is 14.6 Å². The monoisotopic (exact) mass is 354 g/mol. The number of hydrogen-bond donors (Lipinski definition) is 0. The van der Waals surface area contributed by atoms with E-state index in [9.17, 15) is 0 Å². The van der Waals surface area contributed by atoms with E-state index in [0.717, 1.165) is 45.3 Å². The lowest BCUT2D eigenvalue weighted by atomic mass is 9.96. The maximum absolute atomic E-state index is 5.84. The van der Waals surface area contributed by atoms with E-state index < -0.39 is 0 Å². The van der Waals surface area contributed by atoms with Gasteiger partial charge in [0.25, 0.3) is 0 Å². The summed E-state index contributed by atoms with van der Waals surface area (Å²) >= 11 is 0. The summed E-state index contributed by atoms with van der Waals surface area (Å²) in [6.45, 7) is 7.64. The van der Waals surface area contributed by atoms with Gasteiger partial charge >= 0.3 is 0 Å². The van der Waals surface area contributed by atoms with Gasteiger partial charge in [-0.05, 0) is 37.3 Å². The number of ether oxygens (including phenoxy) is 1. The Hall–Kier alpha value is -1.72. The highest BCUT2D eigenvalue weighted by Gasteiger charge is 2.30. The van der Waals surface area contributed by atoms with E-state index in [-0.39, 0.29) is 0 Å². The fourth-order valence-corrected chi connectivity index (χ4v) is 4.58. The highest BCUT2D eigenvalue weighted by Crippen LogP contribution is 2.32. The molecule has 0 spiro atoms. The lowest BCUT2D eigenvalue weighted by Gasteiger charge is -2.33. The van der Waals surface area contributed by atoms with E-state index in [0.29, 0.717) is 5.92 Å². The first-order chi connectivity index (χ1) is 12.8. The average molecular weight is 354 g/mol. The first kappa shape index (κ1) is 17.7. The van der Waals surface area contributed by atoms with Crippen molar-refractivity contribution in [3.05, 3.63) is 47.5 Å². The molecule has 1 fully saturated rings. The van der Waals surface area contributed by atoms with Crippen molar-refractivity contribution in [2.75, 3.05) is 19.8 Å². The number of hydrogen-bond acceptors (Lipinski definition) is 4. The third-order valence-corrected chi connectivity index (χ3v) is 5.78. The van der Waals surface area contributed by atoms with Crippen LogP contribution in [0.4, 0.5) is 0 Å². The molecule has 2 aromatic heterocycles. The van der Waals surface area contributed by atoms with Gasteiger partial charge in [0.15, 0.2) is 0 Å². The summed E-state index contributed by atoms with van der Waals surface area (Å²) in [7, 11) is 0. The summed E-state index contributed by atoms with van der Waals surface area (Å²) < 4.78 is 8.14. The highest BCUT2D eigenvalue weighted by atomic mass is 16.5. The van der Waals surface area contributed by atoms with Crippen molar-refractivity contribution in [2.24, 2.45) is 5.92 Å². The fourth-order valence-electron chi connectivity index (χ4n) is 4.58. The molecule has 0 N–H and O–H groups in total. The number of rotatable bonds is 7. The number of nitrogens with zero attached hydrogens (tertiary/aromatic N) is 4. The lowest BCUT2D eigenvalue weighted by Crippen LogP contribution is -2.36. The second kappa shape index (κ2) is 8.31. The van der Waals surface area contributed by atoms with E-state index in [4.69, 9.17) is 9.84 Å². The van der Waals surface area contributed by atoms with Crippen LogP contribution >= 0.6 is 0 Å². The first-order valence-corrected chi connectivity index (χ1v) is 10.1. The van der Waals surface area contributed by atoms with Gasteiger partial charge in [-0.1, -0.05) is 18.9 Å². The summed E-state index contributed by atoms with van der Waals surface area (Å²) in [5.41, 5.74) is 4.07. The molecule has 0 radical (unpaired) electrons. The Balaban J connectivity index is 1.52. The highest BCUT2D eigenvalue weighted by molar-refractivity contribution is 5.26. The third-order valence-electron chi connectivity index (χ3n) is 5.78. The van der Waals surface area contributed by atoms with E-state index in [1.165, 1.54) is 42.5 Å². The number of fused-ring (bicyclic) bond motifs is 1. The van der Waals surface area contributed by atoms with Gasteiger partial charge in [0.1, 0.15) is 0 Å². The van der Waals surface area contributed by atoms with E-state index in [1.807, 2.05) is 18.5 Å². The SMILES string of the molecule is CCOCC1CN(Cc2cccnc2)Cc2cnn(CC3CCCC3)c21. The molecule has 26 heavy (non-hydrogen) atoms. The molecule has 4 rings (SSSR count). The van der Waals surface area contributed by atoms with Crippen LogP contribution in [-0.2, 0) is 24.4 Å². The Morgan fingerprint density at radius 2 is 2.12 bits per heavy atom. The van der Waals surface area contributed by atoms with Crippen LogP contribution < -0.4 is 0 Å². The molecule has 1 aliphatic carbocycles. The zero-order chi connectivity index (χ0) is 17.8. The Morgan fingerprint density at radius 1 is 1.23 bits per heavy atom. The normalized spacial score (nSPS) is 21.2. The number of aromatic nitrogens is 3. The molecular weight excluding hydrogens is 324 g/mol. The van der Waals surface area contributed by atoms with Crippen molar-refractivity contribution < 1.29 is 4.74 Å². The summed E-state index contributed by atoms with van der Waals surface area (Å²) in [4.78, 5) is 6.76. The minimum absolute atomic E-state index is 0.402. The fraction of sp³-hybridized carbons (Fsp3) is 0.619. The van der Waals surface area contributed by atoms with Crippen molar-refractivity contribution >= 4 is 0 Å². The zero-order valence-electron chi connectivity index (χ0n) is 15.8. The second-order valence-electron chi connectivity index (χ2n) is 7.77. The van der Waals surface area contributed by atoms with Crippen molar-refractivity contribution in [1.29, 1.82) is 0 Å². The van der Waals surface area contributed by atoms with Crippen molar-refractivity contribution in [2.45, 2.75) is 58.2 Å². The Bertz CT molecular complexity index is 693. The minimum atomic E-state index is 0.402. The van der Waals surface area contributed by atoms with Crippen molar-refractivity contribution in [1.82, 2.24) is 19.7 Å². The summed E-state index contributed by atoms with van der Waals surface area (Å²) in [6, 6.07) is 4.17. The van der Waals surface area contributed by atoms with Gasteiger partial charge in [0, 0.05) is 62.4 Å². The van der Waals surface area contributed by atoms with Gasteiger partial charge in [-0.25, -0.2) is 0 Å². The Kier molecular flexibility index (Phi) is 5.65. The topological polar surface area (TPSA) is 43.2 Å². The quantitative estimate of drug-likeness (QED) is 0.762. The second-order valence-corrected chi connectivity index (χ2v) is 7.77. The van der Waals surface area contributed by atoms with Crippen LogP contribution in [0, 0.1) is 5.92 Å². The predicted octanol–water partition coefficient (Wildman–Crippen LogP) is 3.60. The van der Waals surface area contributed by atoms with E-state index >= 15 is 0 Å². The summed E-state index contributed by atoms with van der Waals surface area (Å²) in [6.07, 6.45) is 11.4. The molecule has 1 saturated carbocycles. The molecule has 0 amide bonds. The predicted molar refractivity (Wildman–Crippen MR) is 102 cm³/mol. The van der Waals surface area contributed by atoms with Gasteiger partial charge in [0.2, 0.25) is 0 Å². The van der Waals surface area contributed by atoms with Crippen molar-refractivity contribution in [3.8, 4) is 0 Å². The molecule has 1 unspecified atom stereocenters. The zero-order valence-corrected chi connectivity index (χ0v) is 15.8. The largest absolute Gasteiger partial charge is 0.381 e. The Morgan fingerprint density at radius 3 is 2.88 bits per heavy atom. The average Bonchev–Trinajstić information content (AvgIpc) is 3.31. The van der Waals surface area contributed by atoms with E-state index in [2.05, 4.69) is 33.8 Å². The van der Waals surface area contributed by atoms with Crippen LogP contribution in [-0.4, -0.2) is 39.4 Å². The molecular formula is C21H30N4O. The maximum atomic E-state index is 5.84. The molecule has 2 aromatic rings. The molecule has 0 aromatic carbocycles. The molecule has 0 saturated heterocycles. The standard InChI is InChI=1S/C21H30N4O/c1-2-26-16-20-15-24(12-18-8-5-9-22-10-18)14-19-11-23-25(21(19)20)13-17-6-3-4-7-17/h5,8-11,17,20H,2-4,6-7,12-16H2,1H3.